The largest absolute Gasteiger partial charge is 0.504 e. The standard InChI is InChI=1S/C28H36N2O5/c1-5-16-15-30-9-7-18-13-25(34-3)28(35-4)27(32)26(18)22(30)11-19(16)10-21-20-14-24(33-2)23(31)12-17(20)6-8-29-21/h12-14,16,19,22,31-32H,5-11,15H2,1-4H3/t16-,19+,22-/m0/s1. The van der Waals surface area contributed by atoms with Gasteiger partial charge in [0.05, 0.1) is 21.3 Å². The summed E-state index contributed by atoms with van der Waals surface area (Å²) in [6.07, 6.45) is 4.67. The van der Waals surface area contributed by atoms with Gasteiger partial charge in [-0.2, -0.15) is 0 Å². The third-order valence-electron chi connectivity index (χ3n) is 8.25. The SMILES string of the molecule is CC[C@H]1CN2CCc3cc(OC)c(OC)c(O)c3[C@@H]2C[C@H]1CC1=NCCc2cc(O)c(OC)cc21. The maximum Gasteiger partial charge on any atom is 0.203 e. The number of hydrogen-bond donors (Lipinski definition) is 2. The van der Waals surface area contributed by atoms with E-state index in [4.69, 9.17) is 19.2 Å². The molecule has 7 nitrogen and oxygen atoms in total. The van der Waals surface area contributed by atoms with Crippen molar-refractivity contribution in [3.05, 3.63) is 40.5 Å². The average molecular weight is 481 g/mol. The van der Waals surface area contributed by atoms with Gasteiger partial charge in [-0.3, -0.25) is 9.89 Å². The number of nitrogens with zero attached hydrogens (tertiary/aromatic N) is 2. The minimum atomic E-state index is 0.143. The van der Waals surface area contributed by atoms with Crippen molar-refractivity contribution in [1.29, 1.82) is 0 Å². The van der Waals surface area contributed by atoms with Crippen LogP contribution < -0.4 is 14.2 Å². The topological polar surface area (TPSA) is 83.8 Å². The number of aromatic hydroxyl groups is 2. The molecule has 7 heteroatoms. The van der Waals surface area contributed by atoms with E-state index in [0.717, 1.165) is 79.7 Å². The van der Waals surface area contributed by atoms with Crippen LogP contribution in [-0.4, -0.2) is 61.8 Å². The monoisotopic (exact) mass is 480 g/mol. The number of phenols is 2. The van der Waals surface area contributed by atoms with Crippen molar-refractivity contribution in [3.8, 4) is 28.7 Å². The minimum Gasteiger partial charge on any atom is -0.504 e. The van der Waals surface area contributed by atoms with Gasteiger partial charge in [0.25, 0.3) is 0 Å². The minimum absolute atomic E-state index is 0.143. The normalized spacial score (nSPS) is 23.5. The molecule has 0 radical (unpaired) electrons. The zero-order chi connectivity index (χ0) is 24.7. The van der Waals surface area contributed by atoms with E-state index in [1.807, 2.05) is 18.2 Å². The first kappa shape index (κ1) is 23.8. The summed E-state index contributed by atoms with van der Waals surface area (Å²) in [6, 6.07) is 5.95. The van der Waals surface area contributed by atoms with Crippen LogP contribution in [0.25, 0.3) is 0 Å². The zero-order valence-electron chi connectivity index (χ0n) is 21.1. The van der Waals surface area contributed by atoms with Crippen molar-refractivity contribution in [2.75, 3.05) is 41.0 Å². The predicted molar refractivity (Wildman–Crippen MR) is 136 cm³/mol. The van der Waals surface area contributed by atoms with E-state index in [9.17, 15) is 10.2 Å². The lowest BCUT2D eigenvalue weighted by atomic mass is 9.73. The highest BCUT2D eigenvalue weighted by Gasteiger charge is 2.41. The Bertz CT molecular complexity index is 1140. The fourth-order valence-electron chi connectivity index (χ4n) is 6.42. The van der Waals surface area contributed by atoms with Crippen LogP contribution in [0.1, 0.15) is 54.5 Å². The Kier molecular flexibility index (Phi) is 6.53. The quantitative estimate of drug-likeness (QED) is 0.633. The number of aliphatic imine (C=N–C) groups is 1. The molecule has 1 fully saturated rings. The highest BCUT2D eigenvalue weighted by atomic mass is 16.5. The maximum atomic E-state index is 11.2. The van der Waals surface area contributed by atoms with Crippen molar-refractivity contribution >= 4 is 5.71 Å². The lowest BCUT2D eigenvalue weighted by Gasteiger charge is -2.47. The molecule has 3 aliphatic rings. The van der Waals surface area contributed by atoms with Crippen LogP contribution in [0.15, 0.2) is 23.2 Å². The Balaban J connectivity index is 1.47. The van der Waals surface area contributed by atoms with Gasteiger partial charge in [-0.15, -0.1) is 0 Å². The Labute approximate surface area is 207 Å². The summed E-state index contributed by atoms with van der Waals surface area (Å²) in [7, 11) is 4.77. The molecule has 3 aliphatic heterocycles. The summed E-state index contributed by atoms with van der Waals surface area (Å²) in [4.78, 5) is 7.47. The second kappa shape index (κ2) is 9.61. The molecule has 0 aromatic heterocycles. The Morgan fingerprint density at radius 3 is 2.49 bits per heavy atom. The molecule has 2 N–H and O–H groups in total. The number of phenolic OH excluding ortho intramolecular Hbond substituents is 2. The molecule has 3 heterocycles. The van der Waals surface area contributed by atoms with Gasteiger partial charge < -0.3 is 24.4 Å². The van der Waals surface area contributed by atoms with Crippen LogP contribution in [0.5, 0.6) is 28.7 Å². The van der Waals surface area contributed by atoms with Crippen molar-refractivity contribution in [1.82, 2.24) is 4.90 Å². The second-order valence-corrected chi connectivity index (χ2v) is 9.92. The van der Waals surface area contributed by atoms with Crippen molar-refractivity contribution < 1.29 is 24.4 Å². The zero-order valence-corrected chi connectivity index (χ0v) is 21.1. The number of ether oxygens (including phenoxy) is 3. The molecule has 0 amide bonds. The first-order valence-electron chi connectivity index (χ1n) is 12.6. The van der Waals surface area contributed by atoms with E-state index < -0.39 is 0 Å². The molecule has 0 aliphatic carbocycles. The van der Waals surface area contributed by atoms with Crippen LogP contribution in [0.2, 0.25) is 0 Å². The summed E-state index contributed by atoms with van der Waals surface area (Å²) in [5, 5.41) is 21.5. The van der Waals surface area contributed by atoms with E-state index >= 15 is 0 Å². The smallest absolute Gasteiger partial charge is 0.203 e. The summed E-state index contributed by atoms with van der Waals surface area (Å²) < 4.78 is 16.4. The number of piperidine rings is 1. The van der Waals surface area contributed by atoms with Gasteiger partial charge in [-0.25, -0.2) is 0 Å². The maximum absolute atomic E-state index is 11.2. The van der Waals surface area contributed by atoms with Gasteiger partial charge in [0.15, 0.2) is 23.0 Å². The molecule has 0 bridgehead atoms. The summed E-state index contributed by atoms with van der Waals surface area (Å²) >= 11 is 0. The predicted octanol–water partition coefficient (Wildman–Crippen LogP) is 4.50. The van der Waals surface area contributed by atoms with Gasteiger partial charge in [0.2, 0.25) is 5.75 Å². The molecule has 35 heavy (non-hydrogen) atoms. The highest BCUT2D eigenvalue weighted by molar-refractivity contribution is 6.03. The Morgan fingerprint density at radius 2 is 1.77 bits per heavy atom. The van der Waals surface area contributed by atoms with Gasteiger partial charge in [-0.05, 0) is 66.8 Å². The Hall–Kier alpha value is -2.93. The molecule has 3 atom stereocenters. The van der Waals surface area contributed by atoms with Crippen LogP contribution in [0, 0.1) is 11.8 Å². The lowest BCUT2D eigenvalue weighted by Crippen LogP contribution is -2.46. The molecule has 2 aromatic carbocycles. The average Bonchev–Trinajstić information content (AvgIpc) is 2.87. The summed E-state index contributed by atoms with van der Waals surface area (Å²) in [5.41, 5.74) is 5.48. The molecule has 188 valence electrons. The fourth-order valence-corrected chi connectivity index (χ4v) is 6.42. The van der Waals surface area contributed by atoms with Crippen molar-refractivity contribution in [3.63, 3.8) is 0 Å². The third-order valence-corrected chi connectivity index (χ3v) is 8.25. The molecule has 5 rings (SSSR count). The molecular formula is C28H36N2O5. The number of hydrogen-bond acceptors (Lipinski definition) is 7. The fraction of sp³-hybridized carbons (Fsp3) is 0.536. The summed E-state index contributed by atoms with van der Waals surface area (Å²) in [6.45, 7) is 5.01. The van der Waals surface area contributed by atoms with Crippen molar-refractivity contribution in [2.24, 2.45) is 16.8 Å². The van der Waals surface area contributed by atoms with E-state index in [1.54, 1.807) is 21.3 Å². The van der Waals surface area contributed by atoms with E-state index in [1.165, 1.54) is 0 Å². The van der Waals surface area contributed by atoms with Gasteiger partial charge in [0.1, 0.15) is 0 Å². The van der Waals surface area contributed by atoms with Crippen LogP contribution in [0.4, 0.5) is 0 Å². The lowest BCUT2D eigenvalue weighted by molar-refractivity contribution is 0.0531. The van der Waals surface area contributed by atoms with E-state index in [-0.39, 0.29) is 17.5 Å². The van der Waals surface area contributed by atoms with E-state index in [0.29, 0.717) is 29.1 Å². The number of benzene rings is 2. The number of fused-ring (bicyclic) bond motifs is 4. The first-order valence-corrected chi connectivity index (χ1v) is 12.6. The molecule has 1 saturated heterocycles. The molecule has 2 aromatic rings. The van der Waals surface area contributed by atoms with Gasteiger partial charge in [-0.1, -0.05) is 13.3 Å². The van der Waals surface area contributed by atoms with Crippen LogP contribution in [0.3, 0.4) is 0 Å². The second-order valence-electron chi connectivity index (χ2n) is 9.92. The molecule has 0 unspecified atom stereocenters. The summed E-state index contributed by atoms with van der Waals surface area (Å²) in [5.74, 6) is 2.89. The van der Waals surface area contributed by atoms with E-state index in [2.05, 4.69) is 11.8 Å². The number of methoxy groups -OCH3 is 3. The van der Waals surface area contributed by atoms with Crippen LogP contribution >= 0.6 is 0 Å². The van der Waals surface area contributed by atoms with Crippen LogP contribution in [-0.2, 0) is 12.8 Å². The third kappa shape index (κ3) is 4.10. The first-order chi connectivity index (χ1) is 17.0. The molecular weight excluding hydrogens is 444 g/mol. The molecule has 0 spiro atoms. The van der Waals surface area contributed by atoms with Gasteiger partial charge in [0, 0.05) is 42.5 Å². The van der Waals surface area contributed by atoms with Crippen molar-refractivity contribution in [2.45, 2.75) is 45.1 Å². The highest BCUT2D eigenvalue weighted by Crippen LogP contribution is 2.51. The molecule has 0 saturated carbocycles. The Morgan fingerprint density at radius 1 is 0.971 bits per heavy atom. The van der Waals surface area contributed by atoms with Gasteiger partial charge >= 0.3 is 0 Å². The number of rotatable bonds is 6.